The molecule has 7 heteroatoms. The van der Waals surface area contributed by atoms with E-state index in [0.29, 0.717) is 17.2 Å². The number of aliphatic hydroxyl groups is 1. The Bertz CT molecular complexity index is 620. The predicted octanol–water partition coefficient (Wildman–Crippen LogP) is 1.96. The van der Waals surface area contributed by atoms with Gasteiger partial charge in [-0.05, 0) is 31.5 Å². The van der Waals surface area contributed by atoms with Crippen molar-refractivity contribution >= 4 is 6.03 Å². The smallest absolute Gasteiger partial charge is 0.315 e. The van der Waals surface area contributed by atoms with Crippen LogP contribution in [0.1, 0.15) is 29.0 Å². The Hall–Kier alpha value is -2.41. The Labute approximate surface area is 127 Å². The van der Waals surface area contributed by atoms with Crippen LogP contribution in [0.2, 0.25) is 0 Å². The molecule has 0 spiro atoms. The summed E-state index contributed by atoms with van der Waals surface area (Å²) in [6, 6.07) is 5.00. The molecule has 0 bridgehead atoms. The lowest BCUT2D eigenvalue weighted by molar-refractivity contribution is 0.173. The van der Waals surface area contributed by atoms with Gasteiger partial charge >= 0.3 is 6.03 Å². The molecule has 1 atom stereocenters. The third-order valence-corrected chi connectivity index (χ3v) is 3.18. The Morgan fingerprint density at radius 2 is 2.00 bits per heavy atom. The van der Waals surface area contributed by atoms with Gasteiger partial charge in [-0.25, -0.2) is 14.2 Å². The van der Waals surface area contributed by atoms with Crippen LogP contribution in [0.3, 0.4) is 0 Å². The number of rotatable bonds is 5. The molecular weight excluding hydrogens is 289 g/mol. The minimum absolute atomic E-state index is 0.0150. The van der Waals surface area contributed by atoms with Crippen molar-refractivity contribution in [1.29, 1.82) is 0 Å². The second-order valence-electron chi connectivity index (χ2n) is 4.88. The minimum Gasteiger partial charge on any atom is -0.444 e. The van der Waals surface area contributed by atoms with Crippen LogP contribution in [-0.2, 0) is 6.54 Å². The molecule has 2 amide bonds. The number of aromatic nitrogens is 1. The highest BCUT2D eigenvalue weighted by Gasteiger charge is 2.11. The highest BCUT2D eigenvalue weighted by atomic mass is 19.1. The molecule has 1 heterocycles. The number of hydrogen-bond acceptors (Lipinski definition) is 4. The molecular formula is C15H18FN3O3. The summed E-state index contributed by atoms with van der Waals surface area (Å²) in [5, 5.41) is 15.0. The Morgan fingerprint density at radius 1 is 1.32 bits per heavy atom. The van der Waals surface area contributed by atoms with E-state index >= 15 is 0 Å². The van der Waals surface area contributed by atoms with Crippen LogP contribution in [0.4, 0.5) is 9.18 Å². The molecule has 6 nitrogen and oxygen atoms in total. The number of aliphatic hydroxyl groups excluding tert-OH is 1. The van der Waals surface area contributed by atoms with Gasteiger partial charge < -0.3 is 20.2 Å². The van der Waals surface area contributed by atoms with E-state index in [0.717, 1.165) is 5.69 Å². The van der Waals surface area contributed by atoms with Gasteiger partial charge in [-0.15, -0.1) is 0 Å². The van der Waals surface area contributed by atoms with Crippen molar-refractivity contribution in [2.75, 3.05) is 6.54 Å². The van der Waals surface area contributed by atoms with Crippen LogP contribution in [0.25, 0.3) is 0 Å². The maximum absolute atomic E-state index is 12.8. The third-order valence-electron chi connectivity index (χ3n) is 3.18. The Kier molecular flexibility index (Phi) is 5.11. The first-order chi connectivity index (χ1) is 10.5. The Morgan fingerprint density at radius 3 is 2.59 bits per heavy atom. The van der Waals surface area contributed by atoms with E-state index < -0.39 is 12.1 Å². The van der Waals surface area contributed by atoms with E-state index in [1.54, 1.807) is 6.92 Å². The summed E-state index contributed by atoms with van der Waals surface area (Å²) < 4.78 is 18.1. The summed E-state index contributed by atoms with van der Waals surface area (Å²) in [6.45, 7) is 3.79. The number of halogens is 1. The molecule has 0 fully saturated rings. The van der Waals surface area contributed by atoms with Crippen molar-refractivity contribution in [1.82, 2.24) is 15.6 Å². The topological polar surface area (TPSA) is 87.4 Å². The number of aryl methyl sites for hydroxylation is 2. The normalized spacial score (nSPS) is 12.0. The molecule has 1 aromatic carbocycles. The van der Waals surface area contributed by atoms with E-state index in [4.69, 9.17) is 4.42 Å². The van der Waals surface area contributed by atoms with E-state index in [1.807, 2.05) is 6.92 Å². The molecule has 2 rings (SSSR count). The molecule has 118 valence electrons. The van der Waals surface area contributed by atoms with Gasteiger partial charge in [0.2, 0.25) is 5.89 Å². The molecule has 1 aromatic heterocycles. The van der Waals surface area contributed by atoms with Crippen LogP contribution in [0, 0.1) is 19.7 Å². The Balaban J connectivity index is 1.76. The molecule has 1 unspecified atom stereocenters. The van der Waals surface area contributed by atoms with Crippen molar-refractivity contribution in [2.45, 2.75) is 26.5 Å². The number of hydrogen-bond donors (Lipinski definition) is 3. The summed E-state index contributed by atoms with van der Waals surface area (Å²) in [4.78, 5) is 15.8. The highest BCUT2D eigenvalue weighted by molar-refractivity contribution is 5.73. The predicted molar refractivity (Wildman–Crippen MR) is 77.6 cm³/mol. The van der Waals surface area contributed by atoms with Crippen molar-refractivity contribution in [3.63, 3.8) is 0 Å². The van der Waals surface area contributed by atoms with Gasteiger partial charge in [0.1, 0.15) is 11.6 Å². The summed E-state index contributed by atoms with van der Waals surface area (Å²) in [5.41, 5.74) is 1.31. The number of amides is 2. The molecule has 2 aromatic rings. The average Bonchev–Trinajstić information content (AvgIpc) is 2.82. The van der Waals surface area contributed by atoms with Crippen molar-refractivity contribution in [3.05, 3.63) is 53.0 Å². The maximum Gasteiger partial charge on any atom is 0.315 e. The van der Waals surface area contributed by atoms with E-state index in [-0.39, 0.29) is 18.9 Å². The van der Waals surface area contributed by atoms with Crippen LogP contribution in [0.5, 0.6) is 0 Å². The molecule has 0 saturated carbocycles. The van der Waals surface area contributed by atoms with Crippen molar-refractivity contribution < 1.29 is 18.7 Å². The number of urea groups is 1. The zero-order chi connectivity index (χ0) is 16.1. The van der Waals surface area contributed by atoms with Gasteiger partial charge in [0.15, 0.2) is 0 Å². The number of nitrogens with zero attached hydrogens (tertiary/aromatic N) is 1. The first-order valence-corrected chi connectivity index (χ1v) is 6.84. The minimum atomic E-state index is -0.905. The summed E-state index contributed by atoms with van der Waals surface area (Å²) in [7, 11) is 0. The first kappa shape index (κ1) is 16.0. The summed E-state index contributed by atoms with van der Waals surface area (Å²) in [6.07, 6.45) is -0.905. The van der Waals surface area contributed by atoms with Crippen molar-refractivity contribution in [3.8, 4) is 0 Å². The van der Waals surface area contributed by atoms with Crippen LogP contribution in [0.15, 0.2) is 28.7 Å². The van der Waals surface area contributed by atoms with Gasteiger partial charge in [0.25, 0.3) is 0 Å². The molecule has 0 aliphatic rings. The maximum atomic E-state index is 12.8. The van der Waals surface area contributed by atoms with Crippen LogP contribution in [-0.4, -0.2) is 22.7 Å². The van der Waals surface area contributed by atoms with Gasteiger partial charge in [-0.3, -0.25) is 0 Å². The number of nitrogens with one attached hydrogen (secondary N) is 2. The zero-order valence-corrected chi connectivity index (χ0v) is 12.4. The quantitative estimate of drug-likeness (QED) is 0.788. The fourth-order valence-corrected chi connectivity index (χ4v) is 1.83. The second-order valence-corrected chi connectivity index (χ2v) is 4.88. The number of carbonyl (C=O) groups is 1. The second kappa shape index (κ2) is 7.04. The SMILES string of the molecule is Cc1nc(CNC(=O)NCC(O)c2ccc(F)cc2)oc1C. The van der Waals surface area contributed by atoms with E-state index in [9.17, 15) is 14.3 Å². The average molecular weight is 307 g/mol. The number of carbonyl (C=O) groups excluding carboxylic acids is 1. The van der Waals surface area contributed by atoms with Gasteiger partial charge in [0, 0.05) is 6.54 Å². The molecule has 0 aliphatic heterocycles. The lowest BCUT2D eigenvalue weighted by Crippen LogP contribution is -2.37. The standard InChI is InChI=1S/C15H18FN3O3/c1-9-10(2)22-14(19-9)8-18-15(21)17-7-13(20)11-3-5-12(16)6-4-11/h3-6,13,20H,7-8H2,1-2H3,(H2,17,18,21). The molecule has 22 heavy (non-hydrogen) atoms. The molecule has 3 N–H and O–H groups in total. The van der Waals surface area contributed by atoms with Gasteiger partial charge in [-0.1, -0.05) is 12.1 Å². The van der Waals surface area contributed by atoms with Gasteiger partial charge in [0.05, 0.1) is 18.3 Å². The number of benzene rings is 1. The third kappa shape index (κ3) is 4.29. The molecule has 0 aliphatic carbocycles. The van der Waals surface area contributed by atoms with Crippen molar-refractivity contribution in [2.24, 2.45) is 0 Å². The van der Waals surface area contributed by atoms with Crippen LogP contribution >= 0.6 is 0 Å². The largest absolute Gasteiger partial charge is 0.444 e. The lowest BCUT2D eigenvalue weighted by Gasteiger charge is -2.12. The van der Waals surface area contributed by atoms with E-state index in [1.165, 1.54) is 24.3 Å². The van der Waals surface area contributed by atoms with Gasteiger partial charge in [-0.2, -0.15) is 0 Å². The van der Waals surface area contributed by atoms with E-state index in [2.05, 4.69) is 15.6 Å². The fourth-order valence-electron chi connectivity index (χ4n) is 1.83. The molecule has 0 saturated heterocycles. The monoisotopic (exact) mass is 307 g/mol. The zero-order valence-electron chi connectivity index (χ0n) is 12.4. The summed E-state index contributed by atoms with van der Waals surface area (Å²) >= 11 is 0. The summed E-state index contributed by atoms with van der Waals surface area (Å²) in [5.74, 6) is 0.756. The molecule has 0 radical (unpaired) electrons. The van der Waals surface area contributed by atoms with Crippen LogP contribution < -0.4 is 10.6 Å². The first-order valence-electron chi connectivity index (χ1n) is 6.84. The number of oxazole rings is 1. The lowest BCUT2D eigenvalue weighted by atomic mass is 10.1. The highest BCUT2D eigenvalue weighted by Crippen LogP contribution is 2.12. The fraction of sp³-hybridized carbons (Fsp3) is 0.333.